The van der Waals surface area contributed by atoms with Crippen LogP contribution in [0.2, 0.25) is 0 Å². The van der Waals surface area contributed by atoms with E-state index in [2.05, 4.69) is 17.2 Å². The number of thiazole rings is 1. The van der Waals surface area contributed by atoms with Crippen LogP contribution in [0.4, 0.5) is 5.69 Å². The number of nitrogens with one attached hydrogen (secondary N) is 1. The van der Waals surface area contributed by atoms with Gasteiger partial charge in [-0.05, 0) is 13.0 Å². The van der Waals surface area contributed by atoms with Gasteiger partial charge < -0.3 is 5.32 Å². The Morgan fingerprint density at radius 3 is 3.00 bits per heavy atom. The number of non-ortho nitro benzene ring substituents is 1. The van der Waals surface area contributed by atoms with Crippen molar-refractivity contribution in [1.29, 1.82) is 0 Å². The minimum absolute atomic E-state index is 0.100. The molecule has 2 rings (SSSR count). The molecule has 5 nitrogen and oxygen atoms in total. The fourth-order valence-electron chi connectivity index (χ4n) is 1.96. The smallest absolute Gasteiger partial charge is 0.270 e. The predicted octanol–water partition coefficient (Wildman–Crippen LogP) is 3.65. The molecule has 1 heterocycles. The van der Waals surface area contributed by atoms with Gasteiger partial charge in [0.1, 0.15) is 0 Å². The van der Waals surface area contributed by atoms with Crippen molar-refractivity contribution in [1.82, 2.24) is 10.3 Å². The number of nitrogens with zero attached hydrogens (tertiary/aromatic N) is 2. The molecule has 1 aromatic carbocycles. The van der Waals surface area contributed by atoms with Crippen LogP contribution in [0, 0.1) is 10.1 Å². The molecule has 1 aromatic heterocycles. The van der Waals surface area contributed by atoms with Crippen molar-refractivity contribution in [2.75, 3.05) is 13.1 Å². The highest BCUT2D eigenvalue weighted by molar-refractivity contribution is 7.09. The molecule has 6 heteroatoms. The van der Waals surface area contributed by atoms with Crippen LogP contribution in [0.5, 0.6) is 0 Å². The van der Waals surface area contributed by atoms with Crippen LogP contribution >= 0.6 is 11.3 Å². The summed E-state index contributed by atoms with van der Waals surface area (Å²) in [5.41, 5.74) is 1.71. The third-order valence-electron chi connectivity index (χ3n) is 3.13. The molecule has 0 amide bonds. The average molecular weight is 305 g/mol. The molecule has 0 aliphatic carbocycles. The van der Waals surface area contributed by atoms with Gasteiger partial charge in [-0.3, -0.25) is 10.1 Å². The van der Waals surface area contributed by atoms with E-state index in [0.717, 1.165) is 35.8 Å². The van der Waals surface area contributed by atoms with Gasteiger partial charge in [0.05, 0.1) is 15.6 Å². The minimum Gasteiger partial charge on any atom is -0.316 e. The molecule has 1 N–H and O–H groups in total. The SMILES string of the molecule is CCCCNCCc1nc(-c2cccc([N+](=O)[O-])c2)cs1. The van der Waals surface area contributed by atoms with Gasteiger partial charge in [0, 0.05) is 36.0 Å². The van der Waals surface area contributed by atoms with E-state index in [4.69, 9.17) is 0 Å². The summed E-state index contributed by atoms with van der Waals surface area (Å²) in [5.74, 6) is 0. The van der Waals surface area contributed by atoms with Gasteiger partial charge in [0.2, 0.25) is 0 Å². The standard InChI is InChI=1S/C15H19N3O2S/c1-2-3-8-16-9-7-15-17-14(11-21-15)12-5-4-6-13(10-12)18(19)20/h4-6,10-11,16H,2-3,7-9H2,1H3. The lowest BCUT2D eigenvalue weighted by atomic mass is 10.1. The van der Waals surface area contributed by atoms with Crippen LogP contribution in [0.15, 0.2) is 29.6 Å². The second-order valence-corrected chi connectivity index (χ2v) is 5.73. The molecule has 0 aliphatic heterocycles. The largest absolute Gasteiger partial charge is 0.316 e. The van der Waals surface area contributed by atoms with Crippen molar-refractivity contribution in [2.45, 2.75) is 26.2 Å². The predicted molar refractivity (Wildman–Crippen MR) is 85.7 cm³/mol. The summed E-state index contributed by atoms with van der Waals surface area (Å²) in [4.78, 5) is 15.0. The highest BCUT2D eigenvalue weighted by Crippen LogP contribution is 2.25. The molecule has 112 valence electrons. The third-order valence-corrected chi connectivity index (χ3v) is 4.04. The maximum absolute atomic E-state index is 10.8. The Morgan fingerprint density at radius 2 is 2.24 bits per heavy atom. The van der Waals surface area contributed by atoms with Crippen molar-refractivity contribution in [3.63, 3.8) is 0 Å². The summed E-state index contributed by atoms with van der Waals surface area (Å²) in [7, 11) is 0. The van der Waals surface area contributed by atoms with Crippen LogP contribution in [-0.4, -0.2) is 23.0 Å². The van der Waals surface area contributed by atoms with Crippen molar-refractivity contribution < 1.29 is 4.92 Å². The first-order chi connectivity index (χ1) is 10.2. The van der Waals surface area contributed by atoms with E-state index in [1.807, 2.05) is 11.4 Å². The number of hydrogen-bond donors (Lipinski definition) is 1. The van der Waals surface area contributed by atoms with Crippen LogP contribution in [0.3, 0.4) is 0 Å². The van der Waals surface area contributed by atoms with E-state index in [-0.39, 0.29) is 10.6 Å². The number of nitro benzene ring substituents is 1. The molecule has 0 aliphatic rings. The molecule has 0 spiro atoms. The Balaban J connectivity index is 1.96. The summed E-state index contributed by atoms with van der Waals surface area (Å²) >= 11 is 1.60. The first-order valence-electron chi connectivity index (χ1n) is 7.10. The third kappa shape index (κ3) is 4.61. The summed E-state index contributed by atoms with van der Waals surface area (Å²) < 4.78 is 0. The van der Waals surface area contributed by atoms with Gasteiger partial charge in [0.15, 0.2) is 0 Å². The fraction of sp³-hybridized carbons (Fsp3) is 0.400. The maximum Gasteiger partial charge on any atom is 0.270 e. The number of nitro groups is 1. The highest BCUT2D eigenvalue weighted by Gasteiger charge is 2.09. The fourth-order valence-corrected chi connectivity index (χ4v) is 2.77. The molecule has 2 aromatic rings. The minimum atomic E-state index is -0.381. The normalized spacial score (nSPS) is 10.7. The molecule has 0 radical (unpaired) electrons. The number of unbranched alkanes of at least 4 members (excludes halogenated alkanes) is 1. The van der Waals surface area contributed by atoms with Gasteiger partial charge in [-0.15, -0.1) is 11.3 Å². The molecule has 0 bridgehead atoms. The summed E-state index contributed by atoms with van der Waals surface area (Å²) in [6.07, 6.45) is 3.28. The van der Waals surface area contributed by atoms with Crippen molar-refractivity contribution in [3.8, 4) is 11.3 Å². The van der Waals surface area contributed by atoms with E-state index >= 15 is 0 Å². The Labute approximate surface area is 128 Å². The lowest BCUT2D eigenvalue weighted by molar-refractivity contribution is -0.384. The Hall–Kier alpha value is -1.79. The van der Waals surface area contributed by atoms with Gasteiger partial charge in [-0.2, -0.15) is 0 Å². The topological polar surface area (TPSA) is 68.1 Å². The molecule has 0 unspecified atom stereocenters. The van der Waals surface area contributed by atoms with E-state index < -0.39 is 0 Å². The molecule has 0 fully saturated rings. The maximum atomic E-state index is 10.8. The van der Waals surface area contributed by atoms with Crippen LogP contribution in [-0.2, 0) is 6.42 Å². The molecule has 0 atom stereocenters. The van der Waals surface area contributed by atoms with E-state index in [0.29, 0.717) is 0 Å². The van der Waals surface area contributed by atoms with Crippen LogP contribution in [0.25, 0.3) is 11.3 Å². The summed E-state index contributed by atoms with van der Waals surface area (Å²) in [6, 6.07) is 6.61. The first-order valence-corrected chi connectivity index (χ1v) is 7.98. The number of aromatic nitrogens is 1. The monoisotopic (exact) mass is 305 g/mol. The van der Waals surface area contributed by atoms with Gasteiger partial charge in [-0.1, -0.05) is 25.5 Å². The Morgan fingerprint density at radius 1 is 1.38 bits per heavy atom. The molecular weight excluding hydrogens is 286 g/mol. The number of benzene rings is 1. The first kappa shape index (κ1) is 15.6. The Bertz CT molecular complexity index is 598. The Kier molecular flexibility index (Phi) is 5.83. The zero-order valence-corrected chi connectivity index (χ0v) is 12.9. The molecule has 21 heavy (non-hydrogen) atoms. The molecular formula is C15H19N3O2S. The van der Waals surface area contributed by atoms with Crippen molar-refractivity contribution in [3.05, 3.63) is 44.8 Å². The summed E-state index contributed by atoms with van der Waals surface area (Å²) in [5, 5.41) is 17.2. The zero-order valence-electron chi connectivity index (χ0n) is 12.0. The van der Waals surface area contributed by atoms with E-state index in [9.17, 15) is 10.1 Å². The lowest BCUT2D eigenvalue weighted by Crippen LogP contribution is -2.18. The van der Waals surface area contributed by atoms with Gasteiger partial charge >= 0.3 is 0 Å². The second-order valence-electron chi connectivity index (χ2n) is 4.79. The van der Waals surface area contributed by atoms with Crippen LogP contribution in [0.1, 0.15) is 24.8 Å². The van der Waals surface area contributed by atoms with Gasteiger partial charge in [0.25, 0.3) is 5.69 Å². The zero-order chi connectivity index (χ0) is 15.1. The second kappa shape index (κ2) is 7.85. The summed E-state index contributed by atoms with van der Waals surface area (Å²) in [6.45, 7) is 4.13. The quantitative estimate of drug-likeness (QED) is 0.459. The number of hydrogen-bond acceptors (Lipinski definition) is 5. The lowest BCUT2D eigenvalue weighted by Gasteiger charge is -2.01. The van der Waals surface area contributed by atoms with E-state index in [1.54, 1.807) is 23.5 Å². The van der Waals surface area contributed by atoms with Crippen molar-refractivity contribution >= 4 is 17.0 Å². The van der Waals surface area contributed by atoms with Crippen molar-refractivity contribution in [2.24, 2.45) is 0 Å². The molecule has 0 saturated carbocycles. The van der Waals surface area contributed by atoms with Gasteiger partial charge in [-0.25, -0.2) is 4.98 Å². The number of rotatable bonds is 8. The van der Waals surface area contributed by atoms with E-state index in [1.165, 1.54) is 18.9 Å². The average Bonchev–Trinajstić information content (AvgIpc) is 2.96. The highest BCUT2D eigenvalue weighted by atomic mass is 32.1. The van der Waals surface area contributed by atoms with Crippen LogP contribution < -0.4 is 5.32 Å². The molecule has 0 saturated heterocycles.